The molecule has 19 heavy (non-hydrogen) atoms. The van der Waals surface area contributed by atoms with Crippen LogP contribution in [0.4, 0.5) is 0 Å². The number of carboxylic acid groups (broad SMARTS) is 1. The van der Waals surface area contributed by atoms with Crippen molar-refractivity contribution in [3.8, 4) is 0 Å². The lowest BCUT2D eigenvalue weighted by Gasteiger charge is -2.18. The molecule has 5 heteroatoms. The summed E-state index contributed by atoms with van der Waals surface area (Å²) >= 11 is 5.84. The third kappa shape index (κ3) is 7.15. The van der Waals surface area contributed by atoms with Crippen molar-refractivity contribution in [3.63, 3.8) is 0 Å². The van der Waals surface area contributed by atoms with E-state index in [0.717, 1.165) is 18.7 Å². The van der Waals surface area contributed by atoms with Gasteiger partial charge in [-0.15, -0.1) is 0 Å². The average Bonchev–Trinajstić information content (AvgIpc) is 2.30. The van der Waals surface area contributed by atoms with Crippen LogP contribution in [0.2, 0.25) is 5.02 Å². The number of nitrogens with zero attached hydrogens (tertiary/aromatic N) is 1. The third-order valence-electron chi connectivity index (χ3n) is 2.81. The van der Waals surface area contributed by atoms with Crippen LogP contribution in [-0.2, 0) is 11.2 Å². The van der Waals surface area contributed by atoms with Crippen molar-refractivity contribution in [2.75, 3.05) is 27.2 Å². The molecular formula is C14H21ClN2O2. The van der Waals surface area contributed by atoms with Crippen LogP contribution in [0, 0.1) is 0 Å². The molecule has 0 saturated heterocycles. The van der Waals surface area contributed by atoms with E-state index in [4.69, 9.17) is 16.7 Å². The molecular weight excluding hydrogens is 264 g/mol. The summed E-state index contributed by atoms with van der Waals surface area (Å²) in [4.78, 5) is 12.9. The number of hydrogen-bond donors (Lipinski definition) is 2. The second-order valence-electron chi connectivity index (χ2n) is 4.88. The molecule has 0 bridgehead atoms. The SMILES string of the molecule is CN(C)CCNC(CC(=O)O)Cc1ccc(Cl)cc1. The molecule has 0 aliphatic rings. The second kappa shape index (κ2) is 8.15. The molecule has 0 radical (unpaired) electrons. The van der Waals surface area contributed by atoms with E-state index in [1.54, 1.807) is 0 Å². The summed E-state index contributed by atoms with van der Waals surface area (Å²) < 4.78 is 0. The van der Waals surface area contributed by atoms with Gasteiger partial charge in [-0.2, -0.15) is 0 Å². The molecule has 4 nitrogen and oxygen atoms in total. The molecule has 1 unspecified atom stereocenters. The highest BCUT2D eigenvalue weighted by molar-refractivity contribution is 6.30. The van der Waals surface area contributed by atoms with Crippen molar-refractivity contribution in [1.82, 2.24) is 10.2 Å². The molecule has 2 N–H and O–H groups in total. The van der Waals surface area contributed by atoms with Gasteiger partial charge in [-0.3, -0.25) is 4.79 Å². The predicted molar refractivity (Wildman–Crippen MR) is 77.8 cm³/mol. The molecule has 1 rings (SSSR count). The molecule has 0 fully saturated rings. The molecule has 0 spiro atoms. The van der Waals surface area contributed by atoms with Crippen LogP contribution in [0.25, 0.3) is 0 Å². The van der Waals surface area contributed by atoms with Gasteiger partial charge in [0.25, 0.3) is 0 Å². The van der Waals surface area contributed by atoms with Gasteiger partial charge in [0, 0.05) is 24.2 Å². The summed E-state index contributed by atoms with van der Waals surface area (Å²) in [5.74, 6) is -0.781. The molecule has 106 valence electrons. The Labute approximate surface area is 119 Å². The Hall–Kier alpha value is -1.10. The van der Waals surface area contributed by atoms with E-state index in [9.17, 15) is 4.79 Å². The fourth-order valence-electron chi connectivity index (χ4n) is 1.82. The van der Waals surface area contributed by atoms with Gasteiger partial charge in [0.1, 0.15) is 0 Å². The molecule has 0 aromatic heterocycles. The van der Waals surface area contributed by atoms with Crippen molar-refractivity contribution in [3.05, 3.63) is 34.9 Å². The lowest BCUT2D eigenvalue weighted by atomic mass is 10.0. The molecule has 0 aliphatic carbocycles. The Morgan fingerprint density at radius 3 is 2.53 bits per heavy atom. The molecule has 0 aliphatic heterocycles. The minimum atomic E-state index is -0.781. The Kier molecular flexibility index (Phi) is 6.84. The normalized spacial score (nSPS) is 12.6. The monoisotopic (exact) mass is 284 g/mol. The van der Waals surface area contributed by atoms with Gasteiger partial charge < -0.3 is 15.3 Å². The second-order valence-corrected chi connectivity index (χ2v) is 5.32. The molecule has 0 saturated carbocycles. The Bertz CT molecular complexity index is 393. The Morgan fingerprint density at radius 2 is 2.00 bits per heavy atom. The van der Waals surface area contributed by atoms with Gasteiger partial charge in [-0.25, -0.2) is 0 Å². The lowest BCUT2D eigenvalue weighted by Crippen LogP contribution is -2.37. The standard InChI is InChI=1S/C14H21ClN2O2/c1-17(2)8-7-16-13(10-14(18)19)9-11-3-5-12(15)6-4-11/h3-6,13,16H,7-10H2,1-2H3,(H,18,19). The number of likely N-dealkylation sites (N-methyl/N-ethyl adjacent to an activating group) is 1. The van der Waals surface area contributed by atoms with Gasteiger partial charge in [-0.05, 0) is 38.2 Å². The Balaban J connectivity index is 2.53. The highest BCUT2D eigenvalue weighted by Gasteiger charge is 2.13. The van der Waals surface area contributed by atoms with Crippen LogP contribution >= 0.6 is 11.6 Å². The summed E-state index contributed by atoms with van der Waals surface area (Å²) in [7, 11) is 3.99. The smallest absolute Gasteiger partial charge is 0.304 e. The summed E-state index contributed by atoms with van der Waals surface area (Å²) in [5, 5.41) is 12.9. The van der Waals surface area contributed by atoms with Crippen LogP contribution in [0.3, 0.4) is 0 Å². The van der Waals surface area contributed by atoms with Crippen molar-refractivity contribution in [1.29, 1.82) is 0 Å². The first-order chi connectivity index (χ1) is 8.97. The number of nitrogens with one attached hydrogen (secondary N) is 1. The fraction of sp³-hybridized carbons (Fsp3) is 0.500. The van der Waals surface area contributed by atoms with E-state index in [0.29, 0.717) is 11.4 Å². The molecule has 1 atom stereocenters. The van der Waals surface area contributed by atoms with Crippen LogP contribution in [0.1, 0.15) is 12.0 Å². The number of carboxylic acids is 1. The predicted octanol–water partition coefficient (Wildman–Crippen LogP) is 1.88. The number of aliphatic carboxylic acids is 1. The van der Waals surface area contributed by atoms with Gasteiger partial charge >= 0.3 is 5.97 Å². The fourth-order valence-corrected chi connectivity index (χ4v) is 1.95. The average molecular weight is 285 g/mol. The van der Waals surface area contributed by atoms with E-state index in [1.807, 2.05) is 38.4 Å². The van der Waals surface area contributed by atoms with Crippen molar-refractivity contribution in [2.45, 2.75) is 18.9 Å². The largest absolute Gasteiger partial charge is 0.481 e. The number of hydrogen-bond acceptors (Lipinski definition) is 3. The van der Waals surface area contributed by atoms with E-state index < -0.39 is 5.97 Å². The first-order valence-corrected chi connectivity index (χ1v) is 6.69. The van der Waals surface area contributed by atoms with Crippen LogP contribution < -0.4 is 5.32 Å². The van der Waals surface area contributed by atoms with Crippen molar-refractivity contribution < 1.29 is 9.90 Å². The molecule has 1 aromatic rings. The third-order valence-corrected chi connectivity index (χ3v) is 3.06. The highest BCUT2D eigenvalue weighted by Crippen LogP contribution is 2.12. The van der Waals surface area contributed by atoms with Gasteiger partial charge in [0.2, 0.25) is 0 Å². The highest BCUT2D eigenvalue weighted by atomic mass is 35.5. The maximum Gasteiger partial charge on any atom is 0.304 e. The minimum Gasteiger partial charge on any atom is -0.481 e. The number of benzene rings is 1. The summed E-state index contributed by atoms with van der Waals surface area (Å²) in [6.07, 6.45) is 0.812. The molecule has 0 heterocycles. The Morgan fingerprint density at radius 1 is 1.37 bits per heavy atom. The van der Waals surface area contributed by atoms with E-state index in [2.05, 4.69) is 10.2 Å². The van der Waals surface area contributed by atoms with Crippen molar-refractivity contribution >= 4 is 17.6 Å². The molecule has 1 aromatic carbocycles. The van der Waals surface area contributed by atoms with E-state index in [-0.39, 0.29) is 12.5 Å². The number of carbonyl (C=O) groups is 1. The minimum absolute atomic E-state index is 0.0568. The zero-order valence-corrected chi connectivity index (χ0v) is 12.2. The first kappa shape index (κ1) is 16.0. The summed E-state index contributed by atoms with van der Waals surface area (Å²) in [6, 6.07) is 7.47. The number of rotatable bonds is 8. The number of halogens is 1. The molecule has 0 amide bonds. The van der Waals surface area contributed by atoms with Crippen molar-refractivity contribution in [2.24, 2.45) is 0 Å². The van der Waals surface area contributed by atoms with Gasteiger partial charge in [0.05, 0.1) is 6.42 Å². The summed E-state index contributed by atoms with van der Waals surface area (Å²) in [5.41, 5.74) is 1.09. The maximum atomic E-state index is 10.9. The van der Waals surface area contributed by atoms with Gasteiger partial charge in [0.15, 0.2) is 0 Å². The topological polar surface area (TPSA) is 52.6 Å². The van der Waals surface area contributed by atoms with Crippen LogP contribution in [0.15, 0.2) is 24.3 Å². The quantitative estimate of drug-likeness (QED) is 0.765. The van der Waals surface area contributed by atoms with Crippen LogP contribution in [-0.4, -0.2) is 49.2 Å². The summed E-state index contributed by atoms with van der Waals surface area (Å²) in [6.45, 7) is 1.66. The maximum absolute atomic E-state index is 10.9. The van der Waals surface area contributed by atoms with Gasteiger partial charge in [-0.1, -0.05) is 23.7 Å². The van der Waals surface area contributed by atoms with Crippen LogP contribution in [0.5, 0.6) is 0 Å². The van der Waals surface area contributed by atoms with E-state index >= 15 is 0 Å². The van der Waals surface area contributed by atoms with E-state index in [1.165, 1.54) is 0 Å². The zero-order valence-electron chi connectivity index (χ0n) is 11.4. The zero-order chi connectivity index (χ0) is 14.3. The first-order valence-electron chi connectivity index (χ1n) is 6.31. The lowest BCUT2D eigenvalue weighted by molar-refractivity contribution is -0.137.